The average molecular weight is 345 g/mol. The van der Waals surface area contributed by atoms with Crippen molar-refractivity contribution in [3.05, 3.63) is 28.1 Å². The Kier molecular flexibility index (Phi) is 3.41. The number of hydrogen-bond acceptors (Lipinski definition) is 4. The Morgan fingerprint density at radius 2 is 1.88 bits per heavy atom. The first kappa shape index (κ1) is 12.0. The molecule has 0 bridgehead atoms. The Morgan fingerprint density at radius 1 is 1.24 bits per heavy atom. The van der Waals surface area contributed by atoms with Crippen LogP contribution >= 0.6 is 22.6 Å². The lowest BCUT2D eigenvalue weighted by Gasteiger charge is -2.12. The predicted molar refractivity (Wildman–Crippen MR) is 73.8 cm³/mol. The lowest BCUT2D eigenvalue weighted by Crippen LogP contribution is -2.02. The summed E-state index contributed by atoms with van der Waals surface area (Å²) in [6.45, 7) is 0. The minimum atomic E-state index is 0.585. The number of benzene rings is 1. The van der Waals surface area contributed by atoms with Gasteiger partial charge < -0.3 is 15.2 Å². The van der Waals surface area contributed by atoms with Crippen LogP contribution in [-0.4, -0.2) is 24.0 Å². The third-order valence-electron chi connectivity index (χ3n) is 2.33. The van der Waals surface area contributed by atoms with Crippen molar-refractivity contribution < 1.29 is 9.47 Å². The fourth-order valence-electron chi connectivity index (χ4n) is 1.51. The van der Waals surface area contributed by atoms with Crippen LogP contribution < -0.4 is 15.2 Å². The van der Waals surface area contributed by atoms with Crippen molar-refractivity contribution in [2.75, 3.05) is 20.0 Å². The predicted octanol–water partition coefficient (Wildman–Crippen LogP) is 2.08. The zero-order chi connectivity index (χ0) is 12.4. The molecule has 0 atom stereocenters. The van der Waals surface area contributed by atoms with Crippen LogP contribution in [0.4, 0.5) is 5.69 Å². The Morgan fingerprint density at radius 3 is 2.41 bits per heavy atom. The van der Waals surface area contributed by atoms with Crippen LogP contribution in [0.5, 0.6) is 11.5 Å². The Labute approximate surface area is 113 Å². The third-order valence-corrected chi connectivity index (χ3v) is 2.89. The van der Waals surface area contributed by atoms with E-state index in [0.717, 1.165) is 9.26 Å². The molecule has 90 valence electrons. The highest BCUT2D eigenvalue weighted by Crippen LogP contribution is 2.33. The second-order valence-corrected chi connectivity index (χ2v) is 4.61. The number of ether oxygens (including phenoxy) is 2. The number of methoxy groups -OCH3 is 2. The number of halogens is 1. The third kappa shape index (κ3) is 2.31. The van der Waals surface area contributed by atoms with Gasteiger partial charge >= 0.3 is 0 Å². The first-order valence-electron chi connectivity index (χ1n) is 4.87. The lowest BCUT2D eigenvalue weighted by atomic mass is 10.2. The summed E-state index contributed by atoms with van der Waals surface area (Å²) in [5.41, 5.74) is 7.32. The summed E-state index contributed by atoms with van der Waals surface area (Å²) in [7, 11) is 3.17. The lowest BCUT2D eigenvalue weighted by molar-refractivity contribution is 0.355. The zero-order valence-electron chi connectivity index (χ0n) is 9.48. The summed E-state index contributed by atoms with van der Waals surface area (Å²) in [4.78, 5) is 0. The molecule has 1 aromatic heterocycles. The van der Waals surface area contributed by atoms with Gasteiger partial charge in [-0.05, 0) is 22.6 Å². The van der Waals surface area contributed by atoms with E-state index in [1.165, 1.54) is 0 Å². The molecule has 6 heteroatoms. The van der Waals surface area contributed by atoms with E-state index < -0.39 is 0 Å². The minimum Gasteiger partial charge on any atom is -0.493 e. The van der Waals surface area contributed by atoms with E-state index >= 15 is 0 Å². The number of hydrogen-bond donors (Lipinski definition) is 1. The SMILES string of the molecule is COc1cc(N)c(-n2cc(I)cn2)cc1OC. The van der Waals surface area contributed by atoms with Gasteiger partial charge in [-0.1, -0.05) is 0 Å². The number of anilines is 1. The molecule has 0 amide bonds. The number of nitrogen functional groups attached to an aromatic ring is 1. The van der Waals surface area contributed by atoms with Crippen LogP contribution in [0.1, 0.15) is 0 Å². The minimum absolute atomic E-state index is 0.585. The van der Waals surface area contributed by atoms with Crippen molar-refractivity contribution in [2.45, 2.75) is 0 Å². The number of rotatable bonds is 3. The van der Waals surface area contributed by atoms with Crippen molar-refractivity contribution in [3.63, 3.8) is 0 Å². The van der Waals surface area contributed by atoms with Gasteiger partial charge in [0.05, 0.1) is 35.4 Å². The maximum absolute atomic E-state index is 5.96. The van der Waals surface area contributed by atoms with E-state index in [-0.39, 0.29) is 0 Å². The first-order chi connectivity index (χ1) is 8.15. The van der Waals surface area contributed by atoms with E-state index in [9.17, 15) is 0 Å². The highest BCUT2D eigenvalue weighted by atomic mass is 127. The molecule has 0 spiro atoms. The van der Waals surface area contributed by atoms with Crippen LogP contribution in [-0.2, 0) is 0 Å². The monoisotopic (exact) mass is 345 g/mol. The van der Waals surface area contributed by atoms with Gasteiger partial charge in [-0.15, -0.1) is 0 Å². The number of aromatic nitrogens is 2. The molecule has 2 aromatic rings. The summed E-state index contributed by atoms with van der Waals surface area (Å²) < 4.78 is 13.2. The summed E-state index contributed by atoms with van der Waals surface area (Å²) in [5.74, 6) is 1.23. The molecular weight excluding hydrogens is 333 g/mol. The molecule has 0 fully saturated rings. The fourth-order valence-corrected chi connectivity index (χ4v) is 1.90. The molecule has 0 aliphatic heterocycles. The van der Waals surface area contributed by atoms with Gasteiger partial charge in [0.1, 0.15) is 0 Å². The summed E-state index contributed by atoms with van der Waals surface area (Å²) >= 11 is 2.19. The van der Waals surface area contributed by atoms with Gasteiger partial charge in [0.15, 0.2) is 11.5 Å². The van der Waals surface area contributed by atoms with Gasteiger partial charge in [-0.25, -0.2) is 4.68 Å². The normalized spacial score (nSPS) is 10.3. The number of nitrogens with zero attached hydrogens (tertiary/aromatic N) is 2. The molecule has 0 saturated carbocycles. The summed E-state index contributed by atoms with van der Waals surface area (Å²) in [6.07, 6.45) is 3.65. The molecule has 1 aromatic carbocycles. The second kappa shape index (κ2) is 4.82. The van der Waals surface area contributed by atoms with Crippen molar-refractivity contribution in [1.29, 1.82) is 0 Å². The van der Waals surface area contributed by atoms with Gasteiger partial charge in [-0.3, -0.25) is 0 Å². The highest BCUT2D eigenvalue weighted by molar-refractivity contribution is 14.1. The number of nitrogens with two attached hydrogens (primary N) is 1. The molecule has 0 aliphatic carbocycles. The van der Waals surface area contributed by atoms with Crippen LogP contribution in [0.25, 0.3) is 5.69 Å². The first-order valence-corrected chi connectivity index (χ1v) is 5.95. The van der Waals surface area contributed by atoms with Crippen LogP contribution in [0.2, 0.25) is 0 Å². The molecule has 5 nitrogen and oxygen atoms in total. The molecule has 0 radical (unpaired) electrons. The van der Waals surface area contributed by atoms with Crippen LogP contribution in [0.15, 0.2) is 24.5 Å². The van der Waals surface area contributed by atoms with Crippen molar-refractivity contribution >= 4 is 28.3 Å². The van der Waals surface area contributed by atoms with Crippen molar-refractivity contribution in [2.24, 2.45) is 0 Å². The molecule has 0 saturated heterocycles. The molecular formula is C11H12IN3O2. The summed E-state index contributed by atoms with van der Waals surface area (Å²) in [6, 6.07) is 3.53. The maximum Gasteiger partial charge on any atom is 0.163 e. The van der Waals surface area contributed by atoms with Crippen LogP contribution in [0.3, 0.4) is 0 Å². The molecule has 0 aliphatic rings. The smallest absolute Gasteiger partial charge is 0.163 e. The Hall–Kier alpha value is -1.44. The van der Waals surface area contributed by atoms with Gasteiger partial charge in [0.25, 0.3) is 0 Å². The van der Waals surface area contributed by atoms with E-state index in [1.807, 2.05) is 6.20 Å². The van der Waals surface area contributed by atoms with E-state index in [2.05, 4.69) is 27.7 Å². The standard InChI is InChI=1S/C11H12IN3O2/c1-16-10-3-8(13)9(4-11(10)17-2)15-6-7(12)5-14-15/h3-6H,13H2,1-2H3. The topological polar surface area (TPSA) is 62.3 Å². The Bertz CT molecular complexity index is 540. The second-order valence-electron chi connectivity index (χ2n) is 3.37. The van der Waals surface area contributed by atoms with E-state index in [0.29, 0.717) is 17.2 Å². The maximum atomic E-state index is 5.96. The van der Waals surface area contributed by atoms with Gasteiger partial charge in [0, 0.05) is 18.3 Å². The van der Waals surface area contributed by atoms with Gasteiger partial charge in [-0.2, -0.15) is 5.10 Å². The molecule has 2 N–H and O–H groups in total. The van der Waals surface area contributed by atoms with E-state index in [1.54, 1.807) is 37.2 Å². The molecule has 1 heterocycles. The van der Waals surface area contributed by atoms with Crippen LogP contribution in [0, 0.1) is 3.57 Å². The average Bonchev–Trinajstić information content (AvgIpc) is 2.75. The summed E-state index contributed by atoms with van der Waals surface area (Å²) in [5, 5.41) is 4.21. The molecule has 0 unspecified atom stereocenters. The van der Waals surface area contributed by atoms with Gasteiger partial charge in [0.2, 0.25) is 0 Å². The zero-order valence-corrected chi connectivity index (χ0v) is 11.6. The quantitative estimate of drug-likeness (QED) is 0.684. The fraction of sp³-hybridized carbons (Fsp3) is 0.182. The highest BCUT2D eigenvalue weighted by Gasteiger charge is 2.11. The van der Waals surface area contributed by atoms with Crippen molar-refractivity contribution in [1.82, 2.24) is 9.78 Å². The Balaban J connectivity index is 2.55. The van der Waals surface area contributed by atoms with E-state index in [4.69, 9.17) is 15.2 Å². The molecule has 17 heavy (non-hydrogen) atoms. The molecule has 2 rings (SSSR count). The van der Waals surface area contributed by atoms with Crippen molar-refractivity contribution in [3.8, 4) is 17.2 Å². The largest absolute Gasteiger partial charge is 0.493 e.